The Morgan fingerprint density at radius 1 is 1.32 bits per heavy atom. The predicted octanol–water partition coefficient (Wildman–Crippen LogP) is 2.55. The molecule has 3 N–H and O–H groups in total. The molecule has 0 spiro atoms. The summed E-state index contributed by atoms with van der Waals surface area (Å²) in [7, 11) is 0. The average molecular weight is 304 g/mol. The molecule has 0 unspecified atom stereocenters. The second-order valence-corrected chi connectivity index (χ2v) is 5.04. The number of benzene rings is 1. The quantitative estimate of drug-likeness (QED) is 0.733. The number of hydrogen-bond acceptors (Lipinski definition) is 3. The first-order valence-electron chi connectivity index (χ1n) is 7.31. The lowest BCUT2D eigenvalue weighted by molar-refractivity contribution is -0.137. The first-order valence-corrected chi connectivity index (χ1v) is 7.31. The highest BCUT2D eigenvalue weighted by Crippen LogP contribution is 2.21. The zero-order chi connectivity index (χ0) is 16.1. The van der Waals surface area contributed by atoms with E-state index >= 15 is 0 Å². The van der Waals surface area contributed by atoms with E-state index in [1.165, 1.54) is 0 Å². The Morgan fingerprint density at radius 2 is 2.09 bits per heavy atom. The number of fused-ring (bicyclic) bond motifs is 1. The number of rotatable bonds is 7. The number of ether oxygens (including phenoxy) is 1. The zero-order valence-corrected chi connectivity index (χ0v) is 12.7. The number of aromatic amines is 1. The van der Waals surface area contributed by atoms with Gasteiger partial charge in [-0.1, -0.05) is 6.92 Å². The summed E-state index contributed by atoms with van der Waals surface area (Å²) in [5.41, 5.74) is 1.22. The van der Waals surface area contributed by atoms with Crippen LogP contribution in [0.2, 0.25) is 0 Å². The third kappa shape index (κ3) is 3.78. The molecule has 6 heteroatoms. The smallest absolute Gasteiger partial charge is 0.305 e. The number of carboxylic acids is 1. The molecule has 1 heterocycles. The van der Waals surface area contributed by atoms with Gasteiger partial charge in [0.2, 0.25) is 0 Å². The fourth-order valence-electron chi connectivity index (χ4n) is 2.26. The van der Waals surface area contributed by atoms with Gasteiger partial charge in [-0.05, 0) is 31.5 Å². The topological polar surface area (TPSA) is 91.4 Å². The van der Waals surface area contributed by atoms with Gasteiger partial charge in [0, 0.05) is 23.0 Å². The van der Waals surface area contributed by atoms with E-state index in [9.17, 15) is 9.59 Å². The van der Waals surface area contributed by atoms with Crippen molar-refractivity contribution in [3.63, 3.8) is 0 Å². The van der Waals surface area contributed by atoms with Gasteiger partial charge in [-0.25, -0.2) is 0 Å². The number of aliphatic carboxylic acids is 1. The fraction of sp³-hybridized carbons (Fsp3) is 0.375. The van der Waals surface area contributed by atoms with E-state index in [4.69, 9.17) is 9.84 Å². The van der Waals surface area contributed by atoms with Crippen molar-refractivity contribution in [2.75, 3.05) is 6.61 Å². The van der Waals surface area contributed by atoms with E-state index < -0.39 is 5.97 Å². The molecule has 22 heavy (non-hydrogen) atoms. The van der Waals surface area contributed by atoms with Crippen LogP contribution in [0.5, 0.6) is 5.75 Å². The molecule has 1 aromatic carbocycles. The number of H-pyrrole nitrogens is 1. The molecule has 0 saturated carbocycles. The summed E-state index contributed by atoms with van der Waals surface area (Å²) >= 11 is 0. The van der Waals surface area contributed by atoms with Crippen LogP contribution in [0.3, 0.4) is 0 Å². The molecule has 0 saturated heterocycles. The Labute approximate surface area is 128 Å². The van der Waals surface area contributed by atoms with Gasteiger partial charge in [0.15, 0.2) is 0 Å². The van der Waals surface area contributed by atoms with Crippen LogP contribution in [0.4, 0.5) is 0 Å². The van der Waals surface area contributed by atoms with Gasteiger partial charge in [0.1, 0.15) is 11.4 Å². The second kappa shape index (κ2) is 6.98. The number of aromatic nitrogens is 1. The minimum atomic E-state index is -0.926. The Kier molecular flexibility index (Phi) is 5.04. The highest BCUT2D eigenvalue weighted by molar-refractivity contribution is 5.98. The van der Waals surface area contributed by atoms with Crippen LogP contribution < -0.4 is 10.1 Å². The van der Waals surface area contributed by atoms with E-state index in [1.54, 1.807) is 6.07 Å². The third-order valence-corrected chi connectivity index (χ3v) is 3.40. The van der Waals surface area contributed by atoms with E-state index in [-0.39, 0.29) is 18.4 Å². The van der Waals surface area contributed by atoms with Crippen molar-refractivity contribution in [1.82, 2.24) is 10.3 Å². The van der Waals surface area contributed by atoms with Crippen molar-refractivity contribution in [2.24, 2.45) is 0 Å². The predicted molar refractivity (Wildman–Crippen MR) is 83.3 cm³/mol. The molecule has 0 aliphatic carbocycles. The Balaban J connectivity index is 2.15. The fourth-order valence-corrected chi connectivity index (χ4v) is 2.26. The molecule has 0 aliphatic heterocycles. The Bertz CT molecular complexity index is 678. The largest absolute Gasteiger partial charge is 0.494 e. The number of nitrogens with one attached hydrogen (secondary N) is 2. The van der Waals surface area contributed by atoms with Crippen LogP contribution in [0.1, 0.15) is 37.2 Å². The number of carbonyl (C=O) groups is 2. The molecule has 1 amide bonds. The lowest BCUT2D eigenvalue weighted by Crippen LogP contribution is -2.36. The van der Waals surface area contributed by atoms with Gasteiger partial charge in [-0.15, -0.1) is 0 Å². The normalized spacial score (nSPS) is 12.1. The van der Waals surface area contributed by atoms with Crippen molar-refractivity contribution < 1.29 is 19.4 Å². The van der Waals surface area contributed by atoms with E-state index in [2.05, 4.69) is 10.3 Å². The molecule has 0 fully saturated rings. The van der Waals surface area contributed by atoms with Crippen molar-refractivity contribution in [1.29, 1.82) is 0 Å². The van der Waals surface area contributed by atoms with Crippen molar-refractivity contribution >= 4 is 22.8 Å². The molecule has 0 bridgehead atoms. The molecule has 2 aromatic rings. The first kappa shape index (κ1) is 15.9. The number of hydrogen-bond donors (Lipinski definition) is 3. The van der Waals surface area contributed by atoms with Crippen molar-refractivity contribution in [3.05, 3.63) is 30.0 Å². The number of carboxylic acid groups (broad SMARTS) is 1. The van der Waals surface area contributed by atoms with Crippen molar-refractivity contribution in [2.45, 2.75) is 32.7 Å². The highest BCUT2D eigenvalue weighted by Gasteiger charge is 2.16. The van der Waals surface area contributed by atoms with Crippen LogP contribution in [0.25, 0.3) is 10.9 Å². The van der Waals surface area contributed by atoms with E-state index in [0.717, 1.165) is 16.7 Å². The summed E-state index contributed by atoms with van der Waals surface area (Å²) < 4.78 is 5.42. The molecular formula is C16H20N2O4. The molecule has 1 atom stereocenters. The lowest BCUT2D eigenvalue weighted by Gasteiger charge is -2.13. The van der Waals surface area contributed by atoms with Gasteiger partial charge < -0.3 is 20.1 Å². The molecule has 0 aliphatic rings. The van der Waals surface area contributed by atoms with E-state index in [1.807, 2.05) is 32.0 Å². The maximum absolute atomic E-state index is 12.2. The maximum Gasteiger partial charge on any atom is 0.305 e. The van der Waals surface area contributed by atoms with Gasteiger partial charge in [0.05, 0.1) is 13.0 Å². The summed E-state index contributed by atoms with van der Waals surface area (Å²) in [5, 5.41) is 12.5. The highest BCUT2D eigenvalue weighted by atomic mass is 16.5. The number of amides is 1. The minimum Gasteiger partial charge on any atom is -0.494 e. The maximum atomic E-state index is 12.2. The third-order valence-electron chi connectivity index (χ3n) is 3.40. The minimum absolute atomic E-state index is 0.0864. The van der Waals surface area contributed by atoms with Crippen LogP contribution in [-0.2, 0) is 4.79 Å². The SMILES string of the molecule is CCOc1ccc2cc(C(=O)N[C@@H](CC)CC(=O)O)[nH]c2c1. The second-order valence-electron chi connectivity index (χ2n) is 5.04. The summed E-state index contributed by atoms with van der Waals surface area (Å²) in [6.07, 6.45) is 0.476. The standard InChI is InChI=1S/C16H20N2O4/c1-3-11(8-15(19)20)17-16(21)14-7-10-5-6-12(22-4-2)9-13(10)18-14/h5-7,9,11,18H,3-4,8H2,1-2H3,(H,17,21)(H,19,20)/t11-/m0/s1. The van der Waals surface area contributed by atoms with Crippen LogP contribution in [0, 0.1) is 0 Å². The summed E-state index contributed by atoms with van der Waals surface area (Å²) in [6, 6.07) is 6.93. The first-order chi connectivity index (χ1) is 10.5. The molecule has 118 valence electrons. The van der Waals surface area contributed by atoms with Gasteiger partial charge in [-0.3, -0.25) is 9.59 Å². The average Bonchev–Trinajstić information content (AvgIpc) is 2.89. The van der Waals surface area contributed by atoms with Gasteiger partial charge >= 0.3 is 5.97 Å². The molecule has 2 rings (SSSR count). The van der Waals surface area contributed by atoms with E-state index in [0.29, 0.717) is 18.7 Å². The Hall–Kier alpha value is -2.50. The Morgan fingerprint density at radius 3 is 2.73 bits per heavy atom. The molecule has 0 radical (unpaired) electrons. The summed E-state index contributed by atoms with van der Waals surface area (Å²) in [5.74, 6) is -0.492. The monoisotopic (exact) mass is 304 g/mol. The molecule has 6 nitrogen and oxygen atoms in total. The zero-order valence-electron chi connectivity index (χ0n) is 12.7. The van der Waals surface area contributed by atoms with Gasteiger partial charge in [-0.2, -0.15) is 0 Å². The van der Waals surface area contributed by atoms with Crippen molar-refractivity contribution in [3.8, 4) is 5.75 Å². The summed E-state index contributed by atoms with van der Waals surface area (Å²) in [4.78, 5) is 26.0. The molecule has 1 aromatic heterocycles. The molecular weight excluding hydrogens is 284 g/mol. The van der Waals surface area contributed by atoms with Crippen LogP contribution in [0.15, 0.2) is 24.3 Å². The number of carbonyl (C=O) groups excluding carboxylic acids is 1. The summed E-state index contributed by atoms with van der Waals surface area (Å²) in [6.45, 7) is 4.32. The van der Waals surface area contributed by atoms with Crippen LogP contribution in [-0.4, -0.2) is 34.6 Å². The lowest BCUT2D eigenvalue weighted by atomic mass is 10.1. The van der Waals surface area contributed by atoms with Gasteiger partial charge in [0.25, 0.3) is 5.91 Å². The van der Waals surface area contributed by atoms with Crippen LogP contribution >= 0.6 is 0 Å².